The molecule has 0 atom stereocenters. The second kappa shape index (κ2) is 16.8. The Balaban J connectivity index is 1.85. The summed E-state index contributed by atoms with van der Waals surface area (Å²) < 4.78 is 5.05. The van der Waals surface area contributed by atoms with E-state index in [2.05, 4.69) is 29.6 Å². The van der Waals surface area contributed by atoms with Crippen LogP contribution in [0.2, 0.25) is 0 Å². The van der Waals surface area contributed by atoms with Crippen LogP contribution < -0.4 is 5.32 Å². The number of hydrogen-bond acceptors (Lipinski definition) is 2. The second-order valence-electron chi connectivity index (χ2n) is 6.85. The van der Waals surface area contributed by atoms with Gasteiger partial charge < -0.3 is 10.1 Å². The van der Waals surface area contributed by atoms with Crippen molar-refractivity contribution in [2.24, 2.45) is 0 Å². The van der Waals surface area contributed by atoms with Crippen LogP contribution in [0.5, 0.6) is 0 Å². The molecule has 0 aliphatic heterocycles. The van der Waals surface area contributed by atoms with Crippen molar-refractivity contribution in [2.75, 3.05) is 20.3 Å². The fourth-order valence-corrected chi connectivity index (χ4v) is 2.92. The van der Waals surface area contributed by atoms with Gasteiger partial charge >= 0.3 is 0 Å². The molecule has 3 nitrogen and oxygen atoms in total. The molecule has 0 aromatic heterocycles. The molecule has 0 fully saturated rings. The number of allylic oxidation sites excluding steroid dienone is 2. The van der Waals surface area contributed by atoms with Crippen LogP contribution >= 0.6 is 0 Å². The van der Waals surface area contributed by atoms with Crippen LogP contribution in [0.3, 0.4) is 0 Å². The van der Waals surface area contributed by atoms with E-state index in [4.69, 9.17) is 4.74 Å². The van der Waals surface area contributed by atoms with Crippen molar-refractivity contribution in [3.05, 3.63) is 48.0 Å². The second-order valence-corrected chi connectivity index (χ2v) is 6.85. The summed E-state index contributed by atoms with van der Waals surface area (Å²) in [5.41, 5.74) is 1.27. The van der Waals surface area contributed by atoms with Gasteiger partial charge in [0.25, 0.3) is 0 Å². The van der Waals surface area contributed by atoms with Gasteiger partial charge in [-0.25, -0.2) is 0 Å². The molecule has 0 aliphatic rings. The Morgan fingerprint density at radius 3 is 2.31 bits per heavy atom. The van der Waals surface area contributed by atoms with Crippen molar-refractivity contribution in [3.8, 4) is 0 Å². The third-order valence-electron chi connectivity index (χ3n) is 4.50. The molecule has 1 N–H and O–H groups in total. The molecular weight excluding hydrogens is 322 g/mol. The average molecular weight is 360 g/mol. The quantitative estimate of drug-likeness (QED) is 0.315. The molecule has 1 rings (SSSR count). The highest BCUT2D eigenvalue weighted by molar-refractivity contribution is 5.75. The fraction of sp³-hybridized carbons (Fsp3) is 0.609. The predicted octanol–water partition coefficient (Wildman–Crippen LogP) is 5.45. The Morgan fingerprint density at radius 2 is 1.58 bits per heavy atom. The fourth-order valence-electron chi connectivity index (χ4n) is 2.92. The first-order valence-electron chi connectivity index (χ1n) is 10.3. The maximum absolute atomic E-state index is 11.8. The third kappa shape index (κ3) is 13.7. The monoisotopic (exact) mass is 359 g/mol. The summed E-state index contributed by atoms with van der Waals surface area (Å²) in [6.45, 7) is 1.62. The molecule has 0 unspecified atom stereocenters. The van der Waals surface area contributed by atoms with E-state index in [1.807, 2.05) is 18.2 Å². The summed E-state index contributed by atoms with van der Waals surface area (Å²) in [5, 5.41) is 2.99. The molecule has 0 bridgehead atoms. The van der Waals surface area contributed by atoms with Crippen molar-refractivity contribution >= 4 is 5.91 Å². The molecule has 1 aromatic rings. The van der Waals surface area contributed by atoms with Gasteiger partial charge in [0, 0.05) is 26.7 Å². The van der Waals surface area contributed by atoms with E-state index in [0.29, 0.717) is 6.42 Å². The molecule has 26 heavy (non-hydrogen) atoms. The van der Waals surface area contributed by atoms with Crippen molar-refractivity contribution in [1.82, 2.24) is 5.32 Å². The summed E-state index contributed by atoms with van der Waals surface area (Å²) in [5.74, 6) is 0.152. The minimum Gasteiger partial charge on any atom is -0.385 e. The van der Waals surface area contributed by atoms with Crippen molar-refractivity contribution in [3.63, 3.8) is 0 Å². The Morgan fingerprint density at radius 1 is 0.923 bits per heavy atom. The van der Waals surface area contributed by atoms with Gasteiger partial charge in [-0.15, -0.1) is 0 Å². The predicted molar refractivity (Wildman–Crippen MR) is 110 cm³/mol. The molecular formula is C23H37NO2. The van der Waals surface area contributed by atoms with Crippen molar-refractivity contribution < 1.29 is 9.53 Å². The van der Waals surface area contributed by atoms with Crippen LogP contribution in [0.1, 0.15) is 69.8 Å². The number of rotatable bonds is 16. The first kappa shape index (κ1) is 22.4. The first-order chi connectivity index (χ1) is 12.8. The summed E-state index contributed by atoms with van der Waals surface area (Å²) in [4.78, 5) is 11.8. The first-order valence-corrected chi connectivity index (χ1v) is 10.3. The highest BCUT2D eigenvalue weighted by Crippen LogP contribution is 2.09. The Hall–Kier alpha value is -1.61. The van der Waals surface area contributed by atoms with Gasteiger partial charge in [0.15, 0.2) is 0 Å². The molecule has 1 amide bonds. The van der Waals surface area contributed by atoms with E-state index < -0.39 is 0 Å². The van der Waals surface area contributed by atoms with E-state index in [0.717, 1.165) is 32.4 Å². The smallest absolute Gasteiger partial charge is 0.220 e. The molecule has 146 valence electrons. The molecule has 0 radical (unpaired) electrons. The van der Waals surface area contributed by atoms with E-state index in [1.54, 1.807) is 7.11 Å². The lowest BCUT2D eigenvalue weighted by Crippen LogP contribution is -2.25. The standard InChI is InChI=1S/C23H37NO2/c1-26-21-15-10-8-6-4-2-3-5-7-9-14-18-23(25)24-20-19-22-16-12-11-13-17-22/h7,9,11-13,16-17H,2-6,8,10,14-15,18-21H2,1H3,(H,24,25)/b9-7+. The van der Waals surface area contributed by atoms with Crippen LogP contribution in [-0.4, -0.2) is 26.2 Å². The lowest BCUT2D eigenvalue weighted by atomic mass is 10.1. The van der Waals surface area contributed by atoms with Gasteiger partial charge in [-0.05, 0) is 37.7 Å². The zero-order valence-electron chi connectivity index (χ0n) is 16.6. The highest BCUT2D eigenvalue weighted by atomic mass is 16.5. The number of unbranched alkanes of at least 4 members (excludes halogenated alkanes) is 7. The number of nitrogens with one attached hydrogen (secondary N) is 1. The number of amides is 1. The van der Waals surface area contributed by atoms with E-state index >= 15 is 0 Å². The number of carbonyl (C=O) groups is 1. The van der Waals surface area contributed by atoms with Crippen LogP contribution in [0.4, 0.5) is 0 Å². The molecule has 0 spiro atoms. The molecule has 0 saturated heterocycles. The summed E-state index contributed by atoms with van der Waals surface area (Å²) in [7, 11) is 1.77. The van der Waals surface area contributed by atoms with Crippen LogP contribution in [0.15, 0.2) is 42.5 Å². The number of benzene rings is 1. The normalized spacial score (nSPS) is 11.1. The van der Waals surface area contributed by atoms with E-state index in [-0.39, 0.29) is 5.91 Å². The number of ether oxygens (including phenoxy) is 1. The van der Waals surface area contributed by atoms with Gasteiger partial charge in [-0.1, -0.05) is 74.6 Å². The molecule has 0 aliphatic carbocycles. The average Bonchev–Trinajstić information content (AvgIpc) is 2.66. The van der Waals surface area contributed by atoms with Gasteiger partial charge in [0.1, 0.15) is 0 Å². The summed E-state index contributed by atoms with van der Waals surface area (Å²) in [6, 6.07) is 10.3. The zero-order valence-corrected chi connectivity index (χ0v) is 16.6. The maximum Gasteiger partial charge on any atom is 0.220 e. The third-order valence-corrected chi connectivity index (χ3v) is 4.50. The van der Waals surface area contributed by atoms with Gasteiger partial charge in [-0.2, -0.15) is 0 Å². The Kier molecular flexibility index (Phi) is 14.5. The highest BCUT2D eigenvalue weighted by Gasteiger charge is 1.99. The molecule has 3 heteroatoms. The van der Waals surface area contributed by atoms with Crippen LogP contribution in [0.25, 0.3) is 0 Å². The Labute approximate surface area is 160 Å². The van der Waals surface area contributed by atoms with Crippen molar-refractivity contribution in [1.29, 1.82) is 0 Å². The minimum absolute atomic E-state index is 0.152. The van der Waals surface area contributed by atoms with E-state index in [1.165, 1.54) is 50.5 Å². The van der Waals surface area contributed by atoms with Crippen molar-refractivity contribution in [2.45, 2.75) is 70.6 Å². The number of hydrogen-bond donors (Lipinski definition) is 1. The van der Waals surface area contributed by atoms with E-state index in [9.17, 15) is 4.79 Å². The SMILES string of the molecule is COCCCCCCCCC/C=C/CCC(=O)NCCc1ccccc1. The molecule has 0 saturated carbocycles. The van der Waals surface area contributed by atoms with Gasteiger partial charge in [0.05, 0.1) is 0 Å². The largest absolute Gasteiger partial charge is 0.385 e. The maximum atomic E-state index is 11.8. The van der Waals surface area contributed by atoms with Gasteiger partial charge in [0.2, 0.25) is 5.91 Å². The molecule has 0 heterocycles. The topological polar surface area (TPSA) is 38.3 Å². The number of methoxy groups -OCH3 is 1. The molecule has 1 aromatic carbocycles. The summed E-state index contributed by atoms with van der Waals surface area (Å²) in [6.07, 6.45) is 16.9. The lowest BCUT2D eigenvalue weighted by molar-refractivity contribution is -0.120. The number of carbonyl (C=O) groups excluding carboxylic acids is 1. The van der Waals surface area contributed by atoms with Crippen LogP contribution in [0, 0.1) is 0 Å². The van der Waals surface area contributed by atoms with Crippen LogP contribution in [-0.2, 0) is 16.0 Å². The lowest BCUT2D eigenvalue weighted by Gasteiger charge is -2.04. The summed E-state index contributed by atoms with van der Waals surface area (Å²) >= 11 is 0. The Bertz CT molecular complexity index is 470. The minimum atomic E-state index is 0.152. The van der Waals surface area contributed by atoms with Gasteiger partial charge in [-0.3, -0.25) is 4.79 Å². The zero-order chi connectivity index (χ0) is 18.7.